The standard InChI is InChI=1S/C15H23N5O/c1-10(2)14-19-12-8-11(3)9-18-15(12)20(14)7-4-13(21)17-6-5-16/h8-10H,4-7,16H2,1-3H3,(H,17,21). The van der Waals surface area contributed by atoms with E-state index < -0.39 is 0 Å². The highest BCUT2D eigenvalue weighted by atomic mass is 16.1. The van der Waals surface area contributed by atoms with Crippen LogP contribution in [0.5, 0.6) is 0 Å². The van der Waals surface area contributed by atoms with Gasteiger partial charge >= 0.3 is 0 Å². The van der Waals surface area contributed by atoms with E-state index in [9.17, 15) is 4.79 Å². The molecule has 0 aromatic carbocycles. The van der Waals surface area contributed by atoms with E-state index in [0.717, 1.165) is 22.6 Å². The van der Waals surface area contributed by atoms with Gasteiger partial charge in [-0.15, -0.1) is 0 Å². The number of pyridine rings is 1. The number of nitrogens with zero attached hydrogens (tertiary/aromatic N) is 3. The summed E-state index contributed by atoms with van der Waals surface area (Å²) < 4.78 is 2.04. The van der Waals surface area contributed by atoms with Crippen LogP contribution in [-0.4, -0.2) is 33.5 Å². The number of hydrogen-bond donors (Lipinski definition) is 2. The van der Waals surface area contributed by atoms with Gasteiger partial charge in [0.2, 0.25) is 5.91 Å². The Bertz CT molecular complexity index is 632. The van der Waals surface area contributed by atoms with Gasteiger partial charge in [-0.25, -0.2) is 9.97 Å². The highest BCUT2D eigenvalue weighted by molar-refractivity contribution is 5.76. The van der Waals surface area contributed by atoms with Gasteiger partial charge < -0.3 is 15.6 Å². The van der Waals surface area contributed by atoms with Crippen LogP contribution in [-0.2, 0) is 11.3 Å². The minimum Gasteiger partial charge on any atom is -0.355 e. The van der Waals surface area contributed by atoms with Crippen molar-refractivity contribution in [1.82, 2.24) is 19.9 Å². The van der Waals surface area contributed by atoms with E-state index >= 15 is 0 Å². The van der Waals surface area contributed by atoms with Crippen molar-refractivity contribution in [2.45, 2.75) is 39.7 Å². The van der Waals surface area contributed by atoms with Crippen molar-refractivity contribution in [2.75, 3.05) is 13.1 Å². The highest BCUT2D eigenvalue weighted by Crippen LogP contribution is 2.21. The molecule has 0 aliphatic carbocycles. The number of carbonyl (C=O) groups is 1. The maximum Gasteiger partial charge on any atom is 0.221 e. The third kappa shape index (κ3) is 3.58. The number of imidazole rings is 1. The smallest absolute Gasteiger partial charge is 0.221 e. The molecule has 1 amide bonds. The lowest BCUT2D eigenvalue weighted by molar-refractivity contribution is -0.121. The van der Waals surface area contributed by atoms with Gasteiger partial charge in [0.25, 0.3) is 0 Å². The SMILES string of the molecule is Cc1cnc2c(c1)nc(C(C)C)n2CCC(=O)NCCN. The molecule has 0 aliphatic rings. The Labute approximate surface area is 124 Å². The summed E-state index contributed by atoms with van der Waals surface area (Å²) in [6.45, 7) is 7.74. The maximum atomic E-state index is 11.7. The molecule has 0 fully saturated rings. The second-order valence-electron chi connectivity index (χ2n) is 5.52. The summed E-state index contributed by atoms with van der Waals surface area (Å²) in [6.07, 6.45) is 2.24. The molecule has 0 radical (unpaired) electrons. The molecule has 0 aliphatic heterocycles. The molecule has 3 N–H and O–H groups in total. The van der Waals surface area contributed by atoms with Gasteiger partial charge in [0.15, 0.2) is 5.65 Å². The summed E-state index contributed by atoms with van der Waals surface area (Å²) in [6, 6.07) is 2.03. The van der Waals surface area contributed by atoms with Crippen LogP contribution in [0, 0.1) is 6.92 Å². The Morgan fingerprint density at radius 1 is 1.48 bits per heavy atom. The van der Waals surface area contributed by atoms with Gasteiger partial charge in [0, 0.05) is 38.2 Å². The van der Waals surface area contributed by atoms with Crippen molar-refractivity contribution in [3.8, 4) is 0 Å². The molecule has 114 valence electrons. The monoisotopic (exact) mass is 289 g/mol. The Balaban J connectivity index is 2.24. The number of hydrogen-bond acceptors (Lipinski definition) is 4. The van der Waals surface area contributed by atoms with Gasteiger partial charge in [-0.1, -0.05) is 13.8 Å². The number of rotatable bonds is 6. The molecule has 2 aromatic rings. The Morgan fingerprint density at radius 3 is 2.90 bits per heavy atom. The minimum atomic E-state index is 0.00381. The van der Waals surface area contributed by atoms with E-state index in [1.165, 1.54) is 0 Å². The Hall–Kier alpha value is -1.95. The fraction of sp³-hybridized carbons (Fsp3) is 0.533. The van der Waals surface area contributed by atoms with Crippen LogP contribution in [0.15, 0.2) is 12.3 Å². The average Bonchev–Trinajstić information content (AvgIpc) is 2.80. The molecule has 6 nitrogen and oxygen atoms in total. The Morgan fingerprint density at radius 2 is 2.24 bits per heavy atom. The van der Waals surface area contributed by atoms with E-state index in [2.05, 4.69) is 29.1 Å². The predicted molar refractivity (Wildman–Crippen MR) is 83.0 cm³/mol. The maximum absolute atomic E-state index is 11.7. The third-order valence-corrected chi connectivity index (χ3v) is 3.30. The van der Waals surface area contributed by atoms with E-state index in [1.807, 2.05) is 23.8 Å². The predicted octanol–water partition coefficient (Wildman–Crippen LogP) is 1.33. The number of carbonyl (C=O) groups excluding carboxylic acids is 1. The largest absolute Gasteiger partial charge is 0.355 e. The molecular formula is C15H23N5O. The van der Waals surface area contributed by atoms with Crippen LogP contribution in [0.3, 0.4) is 0 Å². The van der Waals surface area contributed by atoms with Crippen molar-refractivity contribution in [3.05, 3.63) is 23.7 Å². The second kappa shape index (κ2) is 6.67. The summed E-state index contributed by atoms with van der Waals surface area (Å²) in [5.74, 6) is 1.26. The number of nitrogens with one attached hydrogen (secondary N) is 1. The summed E-state index contributed by atoms with van der Waals surface area (Å²) >= 11 is 0. The van der Waals surface area contributed by atoms with Crippen LogP contribution in [0.1, 0.15) is 37.6 Å². The molecular weight excluding hydrogens is 266 g/mol. The normalized spacial score (nSPS) is 11.3. The summed E-state index contributed by atoms with van der Waals surface area (Å²) in [5, 5.41) is 2.78. The minimum absolute atomic E-state index is 0.00381. The number of nitrogens with two attached hydrogens (primary N) is 1. The molecule has 21 heavy (non-hydrogen) atoms. The van der Waals surface area contributed by atoms with E-state index in [1.54, 1.807) is 0 Å². The molecule has 0 bridgehead atoms. The molecule has 2 rings (SSSR count). The van der Waals surface area contributed by atoms with Crippen LogP contribution < -0.4 is 11.1 Å². The first kappa shape index (κ1) is 15.4. The van der Waals surface area contributed by atoms with Crippen molar-refractivity contribution >= 4 is 17.1 Å². The van der Waals surface area contributed by atoms with E-state index in [0.29, 0.717) is 26.1 Å². The van der Waals surface area contributed by atoms with Gasteiger partial charge in [0.05, 0.1) is 0 Å². The molecule has 0 atom stereocenters. The fourth-order valence-electron chi connectivity index (χ4n) is 2.30. The van der Waals surface area contributed by atoms with Gasteiger partial charge in [-0.2, -0.15) is 0 Å². The van der Waals surface area contributed by atoms with Crippen molar-refractivity contribution < 1.29 is 4.79 Å². The van der Waals surface area contributed by atoms with Gasteiger partial charge in [-0.05, 0) is 18.6 Å². The molecule has 2 heterocycles. The number of aromatic nitrogens is 3. The quantitative estimate of drug-likeness (QED) is 0.840. The van der Waals surface area contributed by atoms with Crippen molar-refractivity contribution in [1.29, 1.82) is 0 Å². The third-order valence-electron chi connectivity index (χ3n) is 3.30. The highest BCUT2D eigenvalue weighted by Gasteiger charge is 2.15. The topological polar surface area (TPSA) is 85.8 Å². The van der Waals surface area contributed by atoms with Crippen LogP contribution in [0.4, 0.5) is 0 Å². The first-order chi connectivity index (χ1) is 10.0. The summed E-state index contributed by atoms with van der Waals surface area (Å²) in [4.78, 5) is 20.9. The lowest BCUT2D eigenvalue weighted by Gasteiger charge is -2.11. The van der Waals surface area contributed by atoms with Crippen LogP contribution in [0.2, 0.25) is 0 Å². The summed E-state index contributed by atoms with van der Waals surface area (Å²) in [7, 11) is 0. The Kier molecular flexibility index (Phi) is 4.90. The molecule has 0 saturated carbocycles. The molecule has 0 spiro atoms. The molecule has 0 saturated heterocycles. The van der Waals surface area contributed by atoms with Crippen molar-refractivity contribution in [2.24, 2.45) is 5.73 Å². The fourth-order valence-corrected chi connectivity index (χ4v) is 2.30. The van der Waals surface area contributed by atoms with Crippen LogP contribution >= 0.6 is 0 Å². The second-order valence-corrected chi connectivity index (χ2v) is 5.52. The van der Waals surface area contributed by atoms with Gasteiger partial charge in [-0.3, -0.25) is 4.79 Å². The number of amides is 1. The zero-order valence-electron chi connectivity index (χ0n) is 12.9. The molecule has 6 heteroatoms. The van der Waals surface area contributed by atoms with E-state index in [4.69, 9.17) is 5.73 Å². The molecule has 0 unspecified atom stereocenters. The van der Waals surface area contributed by atoms with E-state index in [-0.39, 0.29) is 11.8 Å². The summed E-state index contributed by atoms with van der Waals surface area (Å²) in [5.41, 5.74) is 8.20. The molecule has 2 aromatic heterocycles. The average molecular weight is 289 g/mol. The van der Waals surface area contributed by atoms with Crippen molar-refractivity contribution in [3.63, 3.8) is 0 Å². The lowest BCUT2D eigenvalue weighted by atomic mass is 10.2. The first-order valence-corrected chi connectivity index (χ1v) is 7.32. The number of fused-ring (bicyclic) bond motifs is 1. The number of aryl methyl sites for hydroxylation is 2. The van der Waals surface area contributed by atoms with Crippen LogP contribution in [0.25, 0.3) is 11.2 Å². The first-order valence-electron chi connectivity index (χ1n) is 7.32. The zero-order valence-corrected chi connectivity index (χ0v) is 12.9. The zero-order chi connectivity index (χ0) is 15.4. The van der Waals surface area contributed by atoms with Gasteiger partial charge in [0.1, 0.15) is 11.3 Å². The lowest BCUT2D eigenvalue weighted by Crippen LogP contribution is -2.29.